The average molecular weight is 236 g/mol. The van der Waals surface area contributed by atoms with Gasteiger partial charge in [-0.15, -0.1) is 0 Å². The number of fused-ring (bicyclic) bond motifs is 1. The van der Waals surface area contributed by atoms with Crippen LogP contribution in [0.1, 0.15) is 22.5 Å². The molecule has 0 radical (unpaired) electrons. The quantitative estimate of drug-likeness (QED) is 0.665. The summed E-state index contributed by atoms with van der Waals surface area (Å²) in [5.41, 5.74) is 6.11. The molecular formula is C16H16N2. The van der Waals surface area contributed by atoms with Crippen molar-refractivity contribution in [1.82, 2.24) is 9.38 Å². The first kappa shape index (κ1) is 11.0. The molecule has 0 saturated heterocycles. The van der Waals surface area contributed by atoms with Crippen molar-refractivity contribution in [2.75, 3.05) is 0 Å². The van der Waals surface area contributed by atoms with Crippen LogP contribution in [-0.4, -0.2) is 9.38 Å². The zero-order chi connectivity index (χ0) is 12.5. The summed E-state index contributed by atoms with van der Waals surface area (Å²) in [6.45, 7) is 4.24. The maximum atomic E-state index is 4.50. The lowest BCUT2D eigenvalue weighted by Crippen LogP contribution is -1.98. The monoisotopic (exact) mass is 236 g/mol. The zero-order valence-electron chi connectivity index (χ0n) is 10.7. The van der Waals surface area contributed by atoms with Crippen molar-refractivity contribution in [3.8, 4) is 0 Å². The minimum absolute atomic E-state index is 0.923. The number of hydrogen-bond acceptors (Lipinski definition) is 1. The molecule has 3 aromatic rings. The highest BCUT2D eigenvalue weighted by atomic mass is 15.0. The summed E-state index contributed by atoms with van der Waals surface area (Å²) in [7, 11) is 0. The molecule has 0 unspecified atom stereocenters. The van der Waals surface area contributed by atoms with Gasteiger partial charge < -0.3 is 4.40 Å². The summed E-state index contributed by atoms with van der Waals surface area (Å²) >= 11 is 0. The lowest BCUT2D eigenvalue weighted by molar-refractivity contribution is 0.979. The van der Waals surface area contributed by atoms with E-state index in [0.29, 0.717) is 0 Å². The smallest absolute Gasteiger partial charge is 0.137 e. The van der Waals surface area contributed by atoms with Crippen LogP contribution >= 0.6 is 0 Å². The van der Waals surface area contributed by atoms with Gasteiger partial charge in [-0.2, -0.15) is 0 Å². The molecular weight excluding hydrogens is 220 g/mol. The number of rotatable bonds is 2. The Morgan fingerprint density at radius 2 is 1.83 bits per heavy atom. The third kappa shape index (κ3) is 1.90. The number of hydrogen-bond donors (Lipinski definition) is 0. The number of pyridine rings is 1. The number of nitrogens with zero attached hydrogens (tertiary/aromatic N) is 2. The Balaban J connectivity index is 2.08. The Bertz CT molecular complexity index is 681. The SMILES string of the molecule is Cc1cc(C)n2c(Cc3ccccc3)cnc2c1. The normalized spacial score (nSPS) is 11.0. The first-order chi connectivity index (χ1) is 8.74. The molecule has 90 valence electrons. The summed E-state index contributed by atoms with van der Waals surface area (Å²) in [6, 6.07) is 14.8. The second-order valence-corrected chi connectivity index (χ2v) is 4.78. The fraction of sp³-hybridized carbons (Fsp3) is 0.188. The molecule has 0 saturated carbocycles. The molecule has 0 aliphatic carbocycles. The van der Waals surface area contributed by atoms with Gasteiger partial charge in [-0.25, -0.2) is 4.98 Å². The van der Waals surface area contributed by atoms with Gasteiger partial charge in [0.05, 0.1) is 0 Å². The number of benzene rings is 1. The van der Waals surface area contributed by atoms with Crippen LogP contribution in [-0.2, 0) is 6.42 Å². The first-order valence-electron chi connectivity index (χ1n) is 6.21. The van der Waals surface area contributed by atoms with Crippen LogP contribution in [0.5, 0.6) is 0 Å². The van der Waals surface area contributed by atoms with Gasteiger partial charge in [0.15, 0.2) is 0 Å². The first-order valence-corrected chi connectivity index (χ1v) is 6.21. The van der Waals surface area contributed by atoms with E-state index in [9.17, 15) is 0 Å². The van der Waals surface area contributed by atoms with Crippen molar-refractivity contribution in [2.24, 2.45) is 0 Å². The molecule has 2 heteroatoms. The van der Waals surface area contributed by atoms with Gasteiger partial charge in [0.2, 0.25) is 0 Å². The summed E-state index contributed by atoms with van der Waals surface area (Å²) in [6.07, 6.45) is 2.90. The van der Waals surface area contributed by atoms with E-state index in [1.54, 1.807) is 0 Å². The summed E-state index contributed by atoms with van der Waals surface area (Å²) in [4.78, 5) is 4.50. The minimum atomic E-state index is 0.923. The maximum absolute atomic E-state index is 4.50. The van der Waals surface area contributed by atoms with Crippen LogP contribution in [0.2, 0.25) is 0 Å². The minimum Gasteiger partial charge on any atom is -0.301 e. The molecule has 0 atom stereocenters. The van der Waals surface area contributed by atoms with Crippen LogP contribution in [0.4, 0.5) is 0 Å². The van der Waals surface area contributed by atoms with E-state index in [4.69, 9.17) is 0 Å². The van der Waals surface area contributed by atoms with E-state index in [1.165, 1.54) is 22.5 Å². The highest BCUT2D eigenvalue weighted by Crippen LogP contribution is 2.16. The summed E-state index contributed by atoms with van der Waals surface area (Å²) < 4.78 is 2.24. The summed E-state index contributed by atoms with van der Waals surface area (Å²) in [5, 5.41) is 0. The maximum Gasteiger partial charge on any atom is 0.137 e. The van der Waals surface area contributed by atoms with Crippen molar-refractivity contribution in [3.63, 3.8) is 0 Å². The lowest BCUT2D eigenvalue weighted by atomic mass is 10.1. The lowest BCUT2D eigenvalue weighted by Gasteiger charge is -2.06. The molecule has 0 amide bonds. The molecule has 2 nitrogen and oxygen atoms in total. The number of aryl methyl sites for hydroxylation is 2. The Kier molecular flexibility index (Phi) is 2.63. The molecule has 3 rings (SSSR count). The number of aromatic nitrogens is 2. The molecule has 2 heterocycles. The summed E-state index contributed by atoms with van der Waals surface area (Å²) in [5.74, 6) is 0. The predicted octanol–water partition coefficient (Wildman–Crippen LogP) is 3.54. The molecule has 1 aromatic carbocycles. The van der Waals surface area contributed by atoms with E-state index in [-0.39, 0.29) is 0 Å². The second-order valence-electron chi connectivity index (χ2n) is 4.78. The predicted molar refractivity (Wildman–Crippen MR) is 73.9 cm³/mol. The van der Waals surface area contributed by atoms with E-state index < -0.39 is 0 Å². The fourth-order valence-corrected chi connectivity index (χ4v) is 2.48. The Morgan fingerprint density at radius 3 is 2.61 bits per heavy atom. The van der Waals surface area contributed by atoms with Crippen LogP contribution < -0.4 is 0 Å². The van der Waals surface area contributed by atoms with Crippen molar-refractivity contribution in [1.29, 1.82) is 0 Å². The van der Waals surface area contributed by atoms with Crippen LogP contribution in [0.25, 0.3) is 5.65 Å². The van der Waals surface area contributed by atoms with Crippen molar-refractivity contribution < 1.29 is 0 Å². The van der Waals surface area contributed by atoms with Crippen molar-refractivity contribution in [3.05, 3.63) is 71.2 Å². The number of imidazole rings is 1. The molecule has 0 spiro atoms. The molecule has 0 aliphatic rings. The van der Waals surface area contributed by atoms with Crippen LogP contribution in [0, 0.1) is 13.8 Å². The van der Waals surface area contributed by atoms with Crippen molar-refractivity contribution in [2.45, 2.75) is 20.3 Å². The third-order valence-electron chi connectivity index (χ3n) is 3.24. The fourth-order valence-electron chi connectivity index (χ4n) is 2.48. The van der Waals surface area contributed by atoms with E-state index in [1.807, 2.05) is 12.3 Å². The Morgan fingerprint density at radius 1 is 1.06 bits per heavy atom. The molecule has 18 heavy (non-hydrogen) atoms. The largest absolute Gasteiger partial charge is 0.301 e. The molecule has 0 bridgehead atoms. The third-order valence-corrected chi connectivity index (χ3v) is 3.24. The zero-order valence-corrected chi connectivity index (χ0v) is 10.7. The molecule has 2 aromatic heterocycles. The van der Waals surface area contributed by atoms with Gasteiger partial charge in [0.25, 0.3) is 0 Å². The Labute approximate surface area is 107 Å². The highest BCUT2D eigenvalue weighted by Gasteiger charge is 2.06. The van der Waals surface area contributed by atoms with Gasteiger partial charge in [0, 0.05) is 24.0 Å². The van der Waals surface area contributed by atoms with Crippen molar-refractivity contribution >= 4 is 5.65 Å². The average Bonchev–Trinajstić information content (AvgIpc) is 2.73. The van der Waals surface area contributed by atoms with Gasteiger partial charge in [-0.3, -0.25) is 0 Å². The van der Waals surface area contributed by atoms with Gasteiger partial charge >= 0.3 is 0 Å². The molecule has 0 aliphatic heterocycles. The molecule has 0 N–H and O–H groups in total. The van der Waals surface area contributed by atoms with Gasteiger partial charge in [-0.1, -0.05) is 30.3 Å². The van der Waals surface area contributed by atoms with Crippen LogP contribution in [0.3, 0.4) is 0 Å². The Hall–Kier alpha value is -2.09. The molecule has 0 fully saturated rings. The van der Waals surface area contributed by atoms with Gasteiger partial charge in [-0.05, 0) is 37.1 Å². The van der Waals surface area contributed by atoms with Gasteiger partial charge in [0.1, 0.15) is 5.65 Å². The van der Waals surface area contributed by atoms with Crippen LogP contribution in [0.15, 0.2) is 48.7 Å². The topological polar surface area (TPSA) is 17.3 Å². The van der Waals surface area contributed by atoms with E-state index in [0.717, 1.165) is 12.1 Å². The van der Waals surface area contributed by atoms with E-state index in [2.05, 4.69) is 59.6 Å². The van der Waals surface area contributed by atoms with E-state index >= 15 is 0 Å². The second kappa shape index (κ2) is 4.30. The highest BCUT2D eigenvalue weighted by molar-refractivity contribution is 5.46. The standard InChI is InChI=1S/C16H16N2/c1-12-8-13(2)18-15(11-17-16(18)9-12)10-14-6-4-3-5-7-14/h3-9,11H,10H2,1-2H3.